The van der Waals surface area contributed by atoms with E-state index in [1.54, 1.807) is 22.0 Å². The Hall–Kier alpha value is -3.62. The first kappa shape index (κ1) is 20.6. The van der Waals surface area contributed by atoms with Crippen molar-refractivity contribution in [1.29, 1.82) is 0 Å². The molecule has 3 heterocycles. The first-order valence-electron chi connectivity index (χ1n) is 10.5. The van der Waals surface area contributed by atoms with Crippen molar-refractivity contribution in [3.8, 4) is 0 Å². The number of imidazole rings is 1. The fourth-order valence-electron chi connectivity index (χ4n) is 3.61. The molecule has 1 amide bonds. The second-order valence-corrected chi connectivity index (χ2v) is 7.56. The van der Waals surface area contributed by atoms with Gasteiger partial charge < -0.3 is 19.7 Å². The summed E-state index contributed by atoms with van der Waals surface area (Å²) in [5.74, 6) is 0.817. The summed E-state index contributed by atoms with van der Waals surface area (Å²) in [6, 6.07) is 8.44. The van der Waals surface area contributed by atoms with Crippen molar-refractivity contribution >= 4 is 17.6 Å². The van der Waals surface area contributed by atoms with Gasteiger partial charge in [0.2, 0.25) is 5.91 Å². The van der Waals surface area contributed by atoms with E-state index in [2.05, 4.69) is 39.7 Å². The van der Waals surface area contributed by atoms with Crippen LogP contribution in [0.5, 0.6) is 0 Å². The van der Waals surface area contributed by atoms with Gasteiger partial charge in [0.25, 0.3) is 0 Å². The minimum Gasteiger partial charge on any atom is -0.356 e. The number of amides is 1. The number of benzene rings is 1. The first-order chi connectivity index (χ1) is 15.1. The largest absolute Gasteiger partial charge is 0.356 e. The van der Waals surface area contributed by atoms with Crippen LogP contribution in [-0.4, -0.2) is 62.3 Å². The average molecular weight is 421 g/mol. The zero-order valence-corrected chi connectivity index (χ0v) is 18.0. The molecule has 9 heteroatoms. The maximum atomic E-state index is 12.7. The number of hydrogen-bond donors (Lipinski definition) is 1. The highest BCUT2D eigenvalue weighted by molar-refractivity contribution is 5.98. The van der Waals surface area contributed by atoms with Crippen molar-refractivity contribution in [2.24, 2.45) is 12.0 Å². The molecule has 1 saturated heterocycles. The third-order valence-corrected chi connectivity index (χ3v) is 5.22. The summed E-state index contributed by atoms with van der Waals surface area (Å²) >= 11 is 0. The van der Waals surface area contributed by atoms with Crippen LogP contribution >= 0.6 is 0 Å². The maximum absolute atomic E-state index is 12.7. The van der Waals surface area contributed by atoms with Gasteiger partial charge in [-0.15, -0.1) is 0 Å². The molecule has 0 atom stereocenters. The summed E-state index contributed by atoms with van der Waals surface area (Å²) < 4.78 is 3.75. The normalized spacial score (nSPS) is 14.9. The maximum Gasteiger partial charge on any atom is 0.246 e. The topological polar surface area (TPSA) is 83.6 Å². The molecule has 1 aromatic carbocycles. The van der Waals surface area contributed by atoms with Gasteiger partial charge >= 0.3 is 0 Å². The van der Waals surface area contributed by atoms with Crippen LogP contribution in [0.3, 0.4) is 0 Å². The molecule has 1 aliphatic rings. The molecule has 0 unspecified atom stereocenters. The molecule has 9 nitrogen and oxygen atoms in total. The number of carbonyl (C=O) groups excluding carboxylic acids is 1. The molecular formula is C22H28N8O. The van der Waals surface area contributed by atoms with Gasteiger partial charge in [0.1, 0.15) is 6.54 Å². The summed E-state index contributed by atoms with van der Waals surface area (Å²) in [7, 11) is 1.85. The van der Waals surface area contributed by atoms with Crippen LogP contribution in [0, 0.1) is 0 Å². The van der Waals surface area contributed by atoms with E-state index in [9.17, 15) is 4.79 Å². The number of aryl methyl sites for hydroxylation is 1. The van der Waals surface area contributed by atoms with Crippen LogP contribution in [0.2, 0.25) is 0 Å². The fourth-order valence-corrected chi connectivity index (χ4v) is 3.61. The van der Waals surface area contributed by atoms with Crippen LogP contribution in [0.4, 0.5) is 5.69 Å². The number of hydrogen-bond acceptors (Lipinski definition) is 4. The summed E-state index contributed by atoms with van der Waals surface area (Å²) in [5, 5.41) is 7.49. The number of nitrogens with one attached hydrogen (secondary N) is 1. The molecule has 1 N–H and O–H groups in total. The quantitative estimate of drug-likeness (QED) is 0.482. The molecule has 0 bridgehead atoms. The molecule has 2 aromatic heterocycles. The Balaban J connectivity index is 1.38. The average Bonchev–Trinajstić information content (AvgIpc) is 3.44. The van der Waals surface area contributed by atoms with Crippen molar-refractivity contribution in [3.63, 3.8) is 0 Å². The van der Waals surface area contributed by atoms with Gasteiger partial charge in [-0.1, -0.05) is 24.3 Å². The SMILES string of the molecule is CCNC(=NCc1ccc(Cn2ccnc2)cc1)N1CCN(c2cnn(C)c2)C(=O)C1. The molecule has 4 rings (SSSR count). The van der Waals surface area contributed by atoms with Crippen molar-refractivity contribution < 1.29 is 4.79 Å². The Bertz CT molecular complexity index is 1020. The lowest BCUT2D eigenvalue weighted by Crippen LogP contribution is -2.55. The number of piperazine rings is 1. The number of carbonyl (C=O) groups is 1. The third kappa shape index (κ3) is 5.11. The predicted molar refractivity (Wildman–Crippen MR) is 120 cm³/mol. The number of aromatic nitrogens is 4. The Morgan fingerprint density at radius 3 is 2.65 bits per heavy atom. The second-order valence-electron chi connectivity index (χ2n) is 7.56. The van der Waals surface area contributed by atoms with Crippen molar-refractivity contribution in [1.82, 2.24) is 29.5 Å². The molecule has 0 radical (unpaired) electrons. The van der Waals surface area contributed by atoms with Gasteiger partial charge in [0.05, 0.1) is 24.8 Å². The minimum absolute atomic E-state index is 0.0497. The zero-order chi connectivity index (χ0) is 21.6. The van der Waals surface area contributed by atoms with E-state index in [1.165, 1.54) is 5.56 Å². The van der Waals surface area contributed by atoms with E-state index in [0.29, 0.717) is 19.6 Å². The highest BCUT2D eigenvalue weighted by Crippen LogP contribution is 2.16. The molecule has 162 valence electrons. The smallest absolute Gasteiger partial charge is 0.246 e. The van der Waals surface area contributed by atoms with Crippen molar-refractivity contribution in [3.05, 3.63) is 66.5 Å². The Morgan fingerprint density at radius 2 is 2.00 bits per heavy atom. The Kier molecular flexibility index (Phi) is 6.30. The number of anilines is 1. The van der Waals surface area contributed by atoms with E-state index < -0.39 is 0 Å². The monoisotopic (exact) mass is 420 g/mol. The Labute approximate surface area is 182 Å². The lowest BCUT2D eigenvalue weighted by atomic mass is 10.1. The van der Waals surface area contributed by atoms with Gasteiger partial charge in [-0.25, -0.2) is 9.98 Å². The first-order valence-corrected chi connectivity index (χ1v) is 10.5. The van der Waals surface area contributed by atoms with E-state index in [-0.39, 0.29) is 5.91 Å². The molecule has 0 aliphatic carbocycles. The predicted octanol–water partition coefficient (Wildman–Crippen LogP) is 1.48. The van der Waals surface area contributed by atoms with E-state index >= 15 is 0 Å². The highest BCUT2D eigenvalue weighted by Gasteiger charge is 2.27. The van der Waals surface area contributed by atoms with E-state index in [0.717, 1.165) is 36.8 Å². The molecule has 1 fully saturated rings. The summed E-state index contributed by atoms with van der Waals surface area (Å²) in [6.45, 7) is 5.77. The van der Waals surface area contributed by atoms with Gasteiger partial charge in [-0.2, -0.15) is 5.10 Å². The summed E-state index contributed by atoms with van der Waals surface area (Å²) in [6.07, 6.45) is 9.14. The lowest BCUT2D eigenvalue weighted by Gasteiger charge is -2.35. The fraction of sp³-hybridized carbons (Fsp3) is 0.364. The zero-order valence-electron chi connectivity index (χ0n) is 18.0. The standard InChI is InChI=1S/C22H28N8O/c1-3-24-22(29-10-11-30(21(31)16-29)20-13-26-27(2)15-20)25-12-18-4-6-19(7-5-18)14-28-9-8-23-17-28/h4-9,13,15,17H,3,10-12,14,16H2,1-2H3,(H,24,25). The molecule has 31 heavy (non-hydrogen) atoms. The van der Waals surface area contributed by atoms with Crippen molar-refractivity contribution in [2.45, 2.75) is 20.0 Å². The third-order valence-electron chi connectivity index (χ3n) is 5.22. The van der Waals surface area contributed by atoms with Crippen LogP contribution in [0.1, 0.15) is 18.1 Å². The van der Waals surface area contributed by atoms with Gasteiger partial charge in [-0.3, -0.25) is 9.48 Å². The molecule has 0 saturated carbocycles. The van der Waals surface area contributed by atoms with Crippen LogP contribution < -0.4 is 10.2 Å². The van der Waals surface area contributed by atoms with Crippen LogP contribution in [-0.2, 0) is 24.9 Å². The number of aliphatic imine (C=N–C) groups is 1. The number of rotatable bonds is 6. The molecule has 3 aromatic rings. The van der Waals surface area contributed by atoms with Crippen LogP contribution in [0.15, 0.2) is 60.4 Å². The van der Waals surface area contributed by atoms with Gasteiger partial charge in [-0.05, 0) is 18.1 Å². The van der Waals surface area contributed by atoms with Crippen LogP contribution in [0.25, 0.3) is 0 Å². The Morgan fingerprint density at radius 1 is 1.19 bits per heavy atom. The second kappa shape index (κ2) is 9.46. The number of nitrogens with zero attached hydrogens (tertiary/aromatic N) is 7. The minimum atomic E-state index is 0.0497. The summed E-state index contributed by atoms with van der Waals surface area (Å²) in [4.78, 5) is 25.4. The van der Waals surface area contributed by atoms with Crippen molar-refractivity contribution in [2.75, 3.05) is 31.1 Å². The lowest BCUT2D eigenvalue weighted by molar-refractivity contribution is -0.120. The van der Waals surface area contributed by atoms with E-state index in [4.69, 9.17) is 4.99 Å². The van der Waals surface area contributed by atoms with Gasteiger partial charge in [0, 0.05) is 51.8 Å². The summed E-state index contributed by atoms with van der Waals surface area (Å²) in [5.41, 5.74) is 3.18. The highest BCUT2D eigenvalue weighted by atomic mass is 16.2. The van der Waals surface area contributed by atoms with E-state index in [1.807, 2.05) is 42.2 Å². The molecule has 1 aliphatic heterocycles. The van der Waals surface area contributed by atoms with Gasteiger partial charge in [0.15, 0.2) is 5.96 Å². The molecule has 0 spiro atoms. The molecular weight excluding hydrogens is 392 g/mol. The number of guanidine groups is 1.